The van der Waals surface area contributed by atoms with Crippen molar-refractivity contribution in [2.24, 2.45) is 0 Å². The standard InChI is InChI=1S/C16H12F3N3O4S/c1-25-11-4-3-10(7-12(11)27(2,23)24)15-21-14(22-26-15)9-5-6-20-13(8-9)16(17,18)19/h3-8H,1-2H3. The van der Waals surface area contributed by atoms with E-state index in [-0.39, 0.29) is 33.5 Å². The van der Waals surface area contributed by atoms with E-state index in [0.29, 0.717) is 0 Å². The summed E-state index contributed by atoms with van der Waals surface area (Å²) in [6.07, 6.45) is -2.60. The van der Waals surface area contributed by atoms with E-state index in [4.69, 9.17) is 9.26 Å². The molecule has 7 nitrogen and oxygen atoms in total. The Labute approximate surface area is 151 Å². The van der Waals surface area contributed by atoms with Crippen LogP contribution in [-0.4, -0.2) is 36.9 Å². The van der Waals surface area contributed by atoms with Crippen LogP contribution in [0.25, 0.3) is 22.8 Å². The second kappa shape index (κ2) is 6.65. The molecule has 0 saturated heterocycles. The number of halogens is 3. The van der Waals surface area contributed by atoms with E-state index in [9.17, 15) is 21.6 Å². The van der Waals surface area contributed by atoms with Gasteiger partial charge >= 0.3 is 6.18 Å². The normalized spacial score (nSPS) is 12.2. The highest BCUT2D eigenvalue weighted by Crippen LogP contribution is 2.32. The molecule has 0 spiro atoms. The Morgan fingerprint density at radius 3 is 2.48 bits per heavy atom. The van der Waals surface area contributed by atoms with Crippen molar-refractivity contribution < 1.29 is 30.8 Å². The molecule has 0 fully saturated rings. The van der Waals surface area contributed by atoms with Gasteiger partial charge in [-0.3, -0.25) is 4.98 Å². The Morgan fingerprint density at radius 1 is 1.11 bits per heavy atom. The van der Waals surface area contributed by atoms with Crippen LogP contribution in [0, 0.1) is 0 Å². The van der Waals surface area contributed by atoms with Crippen LogP contribution in [0.2, 0.25) is 0 Å². The SMILES string of the molecule is COc1ccc(-c2nc(-c3ccnc(C(F)(F)F)c3)no2)cc1S(C)(=O)=O. The van der Waals surface area contributed by atoms with Crippen molar-refractivity contribution in [2.45, 2.75) is 11.1 Å². The van der Waals surface area contributed by atoms with Gasteiger partial charge in [-0.1, -0.05) is 5.16 Å². The Kier molecular flexibility index (Phi) is 4.64. The van der Waals surface area contributed by atoms with Crippen LogP contribution < -0.4 is 4.74 Å². The van der Waals surface area contributed by atoms with Crippen molar-refractivity contribution in [2.75, 3.05) is 13.4 Å². The Hall–Kier alpha value is -2.95. The summed E-state index contributed by atoms with van der Waals surface area (Å²) >= 11 is 0. The highest BCUT2D eigenvalue weighted by molar-refractivity contribution is 7.90. The molecule has 0 N–H and O–H groups in total. The molecule has 0 aliphatic carbocycles. The predicted octanol–water partition coefficient (Wildman–Crippen LogP) is 3.23. The van der Waals surface area contributed by atoms with Gasteiger partial charge < -0.3 is 9.26 Å². The largest absolute Gasteiger partial charge is 0.495 e. The summed E-state index contributed by atoms with van der Waals surface area (Å²) < 4.78 is 72.2. The number of hydrogen-bond donors (Lipinski definition) is 0. The maximum Gasteiger partial charge on any atom is 0.433 e. The first-order valence-electron chi connectivity index (χ1n) is 7.35. The van der Waals surface area contributed by atoms with Crippen LogP contribution in [0.3, 0.4) is 0 Å². The maximum atomic E-state index is 12.8. The highest BCUT2D eigenvalue weighted by atomic mass is 32.2. The first kappa shape index (κ1) is 18.8. The minimum atomic E-state index is -4.61. The van der Waals surface area contributed by atoms with E-state index in [1.807, 2.05) is 0 Å². The zero-order valence-electron chi connectivity index (χ0n) is 14.0. The number of hydrogen-bond acceptors (Lipinski definition) is 7. The summed E-state index contributed by atoms with van der Waals surface area (Å²) in [5, 5.41) is 3.66. The van der Waals surface area contributed by atoms with Crippen LogP contribution in [0.15, 0.2) is 45.9 Å². The second-order valence-corrected chi connectivity index (χ2v) is 7.47. The number of alkyl halides is 3. The fraction of sp³-hybridized carbons (Fsp3) is 0.188. The first-order chi connectivity index (χ1) is 12.6. The van der Waals surface area contributed by atoms with Gasteiger partial charge in [0.05, 0.1) is 7.11 Å². The van der Waals surface area contributed by atoms with E-state index >= 15 is 0 Å². The smallest absolute Gasteiger partial charge is 0.433 e. The molecular weight excluding hydrogens is 387 g/mol. The summed E-state index contributed by atoms with van der Waals surface area (Å²) in [4.78, 5) is 7.23. The lowest BCUT2D eigenvalue weighted by Gasteiger charge is -2.07. The van der Waals surface area contributed by atoms with Gasteiger partial charge in [0.25, 0.3) is 5.89 Å². The van der Waals surface area contributed by atoms with E-state index in [2.05, 4.69) is 15.1 Å². The summed E-state index contributed by atoms with van der Waals surface area (Å²) in [7, 11) is -2.26. The minimum Gasteiger partial charge on any atom is -0.495 e. The fourth-order valence-corrected chi connectivity index (χ4v) is 3.14. The second-order valence-electron chi connectivity index (χ2n) is 5.49. The highest BCUT2D eigenvalue weighted by Gasteiger charge is 2.32. The number of benzene rings is 1. The Bertz CT molecular complexity index is 1090. The van der Waals surface area contributed by atoms with Gasteiger partial charge in [-0.2, -0.15) is 18.2 Å². The Balaban J connectivity index is 2.02. The molecule has 0 bridgehead atoms. The average molecular weight is 399 g/mol. The van der Waals surface area contributed by atoms with Gasteiger partial charge in [0.1, 0.15) is 16.3 Å². The molecule has 142 valence electrons. The van der Waals surface area contributed by atoms with Crippen molar-refractivity contribution in [3.05, 3.63) is 42.2 Å². The van der Waals surface area contributed by atoms with E-state index < -0.39 is 21.7 Å². The number of sulfone groups is 1. The van der Waals surface area contributed by atoms with Gasteiger partial charge in [0.2, 0.25) is 5.82 Å². The molecule has 3 aromatic rings. The molecule has 0 radical (unpaired) electrons. The van der Waals surface area contributed by atoms with Crippen LogP contribution in [0.1, 0.15) is 5.69 Å². The topological polar surface area (TPSA) is 95.2 Å². The van der Waals surface area contributed by atoms with Gasteiger partial charge in [-0.05, 0) is 30.3 Å². The lowest BCUT2D eigenvalue weighted by Crippen LogP contribution is -2.07. The van der Waals surface area contributed by atoms with Gasteiger partial charge in [-0.25, -0.2) is 8.42 Å². The lowest BCUT2D eigenvalue weighted by atomic mass is 10.2. The summed E-state index contributed by atoms with van der Waals surface area (Å²) in [6, 6.07) is 6.31. The molecule has 0 aliphatic heterocycles. The van der Waals surface area contributed by atoms with Crippen LogP contribution in [0.5, 0.6) is 5.75 Å². The molecule has 0 atom stereocenters. The number of nitrogens with zero attached hydrogens (tertiary/aromatic N) is 3. The van der Waals surface area contributed by atoms with Crippen LogP contribution in [0.4, 0.5) is 13.2 Å². The molecule has 1 aromatic carbocycles. The number of ether oxygens (including phenoxy) is 1. The van der Waals surface area contributed by atoms with Crippen LogP contribution in [-0.2, 0) is 16.0 Å². The van der Waals surface area contributed by atoms with Gasteiger partial charge in [-0.15, -0.1) is 0 Å². The van der Waals surface area contributed by atoms with Gasteiger partial charge in [0.15, 0.2) is 9.84 Å². The van der Waals surface area contributed by atoms with E-state index in [1.54, 1.807) is 0 Å². The number of methoxy groups -OCH3 is 1. The minimum absolute atomic E-state index is 0.0528. The van der Waals surface area contributed by atoms with Crippen molar-refractivity contribution in [1.82, 2.24) is 15.1 Å². The van der Waals surface area contributed by atoms with Gasteiger partial charge in [0, 0.05) is 23.6 Å². The summed E-state index contributed by atoms with van der Waals surface area (Å²) in [5.74, 6) is 0.00230. The number of rotatable bonds is 4. The van der Waals surface area contributed by atoms with Crippen molar-refractivity contribution in [3.8, 4) is 28.6 Å². The molecule has 3 rings (SSSR count). The van der Waals surface area contributed by atoms with Crippen LogP contribution >= 0.6 is 0 Å². The van der Waals surface area contributed by atoms with Crippen molar-refractivity contribution in [1.29, 1.82) is 0 Å². The predicted molar refractivity (Wildman–Crippen MR) is 87.6 cm³/mol. The number of aromatic nitrogens is 3. The van der Waals surface area contributed by atoms with Crippen molar-refractivity contribution in [3.63, 3.8) is 0 Å². The Morgan fingerprint density at radius 2 is 1.85 bits per heavy atom. The molecule has 11 heteroatoms. The monoisotopic (exact) mass is 399 g/mol. The molecule has 0 amide bonds. The van der Waals surface area contributed by atoms with E-state index in [1.165, 1.54) is 31.4 Å². The quantitative estimate of drug-likeness (QED) is 0.665. The molecule has 0 unspecified atom stereocenters. The third-order valence-corrected chi connectivity index (χ3v) is 4.66. The molecule has 27 heavy (non-hydrogen) atoms. The maximum absolute atomic E-state index is 12.8. The molecular formula is C16H12F3N3O4S. The zero-order chi connectivity index (χ0) is 19.8. The number of pyridine rings is 1. The summed E-state index contributed by atoms with van der Waals surface area (Å²) in [5.41, 5.74) is -0.751. The van der Waals surface area contributed by atoms with E-state index in [0.717, 1.165) is 18.5 Å². The third-order valence-electron chi connectivity index (χ3n) is 3.54. The third kappa shape index (κ3) is 3.92. The first-order valence-corrected chi connectivity index (χ1v) is 9.24. The molecule has 0 saturated carbocycles. The van der Waals surface area contributed by atoms with Crippen molar-refractivity contribution >= 4 is 9.84 Å². The molecule has 2 aromatic heterocycles. The molecule has 0 aliphatic rings. The average Bonchev–Trinajstić information content (AvgIpc) is 3.10. The summed E-state index contributed by atoms with van der Waals surface area (Å²) in [6.45, 7) is 0. The fourth-order valence-electron chi connectivity index (χ4n) is 2.28. The lowest BCUT2D eigenvalue weighted by molar-refractivity contribution is -0.141. The molecule has 2 heterocycles. The zero-order valence-corrected chi connectivity index (χ0v) is 14.8.